The number of carbonyl (C=O) groups excluding carboxylic acids is 2. The molecular formula is C21H24FN3O2. The number of nitrogens with one attached hydrogen (secondary N) is 2. The number of anilines is 1. The van der Waals surface area contributed by atoms with E-state index in [4.69, 9.17) is 0 Å². The lowest BCUT2D eigenvalue weighted by Crippen LogP contribution is -2.48. The van der Waals surface area contributed by atoms with Gasteiger partial charge in [-0.1, -0.05) is 30.3 Å². The third-order valence-corrected chi connectivity index (χ3v) is 4.70. The maximum Gasteiger partial charge on any atom is 0.317 e. The summed E-state index contributed by atoms with van der Waals surface area (Å²) in [6.45, 7) is 1.48. The van der Waals surface area contributed by atoms with E-state index in [0.29, 0.717) is 26.1 Å². The first-order chi connectivity index (χ1) is 13.1. The van der Waals surface area contributed by atoms with Gasteiger partial charge in [0.25, 0.3) is 0 Å². The van der Waals surface area contributed by atoms with Gasteiger partial charge in [0.2, 0.25) is 5.91 Å². The molecular weight excluding hydrogens is 345 g/mol. The van der Waals surface area contributed by atoms with E-state index in [2.05, 4.69) is 10.6 Å². The summed E-state index contributed by atoms with van der Waals surface area (Å²) in [5.74, 6) is -0.548. The van der Waals surface area contributed by atoms with E-state index in [9.17, 15) is 14.0 Å². The second kappa shape index (κ2) is 9.16. The van der Waals surface area contributed by atoms with Gasteiger partial charge in [-0.3, -0.25) is 4.79 Å². The van der Waals surface area contributed by atoms with Crippen molar-refractivity contribution in [3.8, 4) is 0 Å². The molecule has 2 aromatic carbocycles. The van der Waals surface area contributed by atoms with Crippen LogP contribution in [0.15, 0.2) is 54.6 Å². The van der Waals surface area contributed by atoms with E-state index in [1.807, 2.05) is 36.4 Å². The molecule has 2 N–H and O–H groups in total. The molecule has 1 heterocycles. The van der Waals surface area contributed by atoms with E-state index in [-0.39, 0.29) is 23.7 Å². The number of likely N-dealkylation sites (tertiary alicyclic amines) is 1. The molecule has 142 valence electrons. The molecule has 0 bridgehead atoms. The first-order valence-electron chi connectivity index (χ1n) is 9.25. The second-order valence-electron chi connectivity index (χ2n) is 6.75. The number of amides is 3. The van der Waals surface area contributed by atoms with Crippen LogP contribution in [0.1, 0.15) is 18.4 Å². The lowest BCUT2D eigenvalue weighted by atomic mass is 9.97. The van der Waals surface area contributed by atoms with Crippen molar-refractivity contribution >= 4 is 17.6 Å². The summed E-state index contributed by atoms with van der Waals surface area (Å²) in [5, 5.41) is 5.77. The van der Waals surface area contributed by atoms with Crippen LogP contribution in [-0.2, 0) is 11.2 Å². The number of para-hydroxylation sites is 1. The zero-order valence-electron chi connectivity index (χ0n) is 15.2. The summed E-state index contributed by atoms with van der Waals surface area (Å²) in [4.78, 5) is 26.5. The van der Waals surface area contributed by atoms with Crippen molar-refractivity contribution in [2.45, 2.75) is 19.3 Å². The number of piperidine rings is 1. The van der Waals surface area contributed by atoms with Crippen LogP contribution in [0.4, 0.5) is 14.9 Å². The highest BCUT2D eigenvalue weighted by Crippen LogP contribution is 2.19. The highest BCUT2D eigenvalue weighted by Gasteiger charge is 2.28. The number of benzene rings is 2. The van der Waals surface area contributed by atoms with Crippen molar-refractivity contribution in [2.24, 2.45) is 5.92 Å². The zero-order valence-corrected chi connectivity index (χ0v) is 15.2. The number of urea groups is 1. The second-order valence-corrected chi connectivity index (χ2v) is 6.75. The topological polar surface area (TPSA) is 61.4 Å². The summed E-state index contributed by atoms with van der Waals surface area (Å²) in [7, 11) is 0. The number of carbonyl (C=O) groups is 2. The molecule has 1 aliphatic rings. The van der Waals surface area contributed by atoms with Crippen LogP contribution in [0.2, 0.25) is 0 Å². The average Bonchev–Trinajstić information content (AvgIpc) is 2.69. The van der Waals surface area contributed by atoms with Crippen LogP contribution in [-0.4, -0.2) is 36.5 Å². The smallest absolute Gasteiger partial charge is 0.317 e. The molecule has 0 spiro atoms. The molecule has 0 radical (unpaired) electrons. The Hall–Kier alpha value is -2.89. The number of hydrogen-bond donors (Lipinski definition) is 2. The molecule has 2 aromatic rings. The number of nitrogens with zero attached hydrogens (tertiary/aromatic N) is 1. The average molecular weight is 369 g/mol. The fraction of sp³-hybridized carbons (Fsp3) is 0.333. The van der Waals surface area contributed by atoms with Gasteiger partial charge in [-0.2, -0.15) is 0 Å². The molecule has 3 amide bonds. The number of halogens is 1. The van der Waals surface area contributed by atoms with Gasteiger partial charge < -0.3 is 15.5 Å². The Balaban J connectivity index is 1.46. The monoisotopic (exact) mass is 369 g/mol. The Morgan fingerprint density at radius 2 is 1.93 bits per heavy atom. The van der Waals surface area contributed by atoms with E-state index < -0.39 is 0 Å². The third kappa shape index (κ3) is 5.54. The minimum atomic E-state index is -0.276. The first kappa shape index (κ1) is 18.9. The lowest BCUT2D eigenvalue weighted by molar-refractivity contribution is -0.121. The summed E-state index contributed by atoms with van der Waals surface area (Å²) >= 11 is 0. The van der Waals surface area contributed by atoms with Crippen molar-refractivity contribution in [1.82, 2.24) is 10.2 Å². The SMILES string of the molecule is O=C(Nc1ccccc1)C1CCCN(C(=O)NCCc2cccc(F)c2)C1. The van der Waals surface area contributed by atoms with Crippen LogP contribution < -0.4 is 10.6 Å². The van der Waals surface area contributed by atoms with Crippen LogP contribution >= 0.6 is 0 Å². The molecule has 0 aliphatic carbocycles. The predicted molar refractivity (Wildman–Crippen MR) is 103 cm³/mol. The van der Waals surface area contributed by atoms with Crippen molar-refractivity contribution in [2.75, 3.05) is 25.0 Å². The molecule has 3 rings (SSSR count). The Bertz CT molecular complexity index is 782. The molecule has 1 fully saturated rings. The van der Waals surface area contributed by atoms with Crippen molar-refractivity contribution in [3.63, 3.8) is 0 Å². The Morgan fingerprint density at radius 1 is 1.11 bits per heavy atom. The molecule has 0 saturated carbocycles. The largest absolute Gasteiger partial charge is 0.338 e. The highest BCUT2D eigenvalue weighted by molar-refractivity contribution is 5.93. The van der Waals surface area contributed by atoms with E-state index in [1.54, 1.807) is 11.0 Å². The van der Waals surface area contributed by atoms with Gasteiger partial charge in [0.1, 0.15) is 5.82 Å². The number of rotatable bonds is 5. The number of hydrogen-bond acceptors (Lipinski definition) is 2. The first-order valence-corrected chi connectivity index (χ1v) is 9.25. The fourth-order valence-electron chi connectivity index (χ4n) is 3.26. The van der Waals surface area contributed by atoms with Crippen LogP contribution in [0.3, 0.4) is 0 Å². The van der Waals surface area contributed by atoms with Gasteiger partial charge in [-0.15, -0.1) is 0 Å². The summed E-state index contributed by atoms with van der Waals surface area (Å²) in [6, 6.07) is 15.5. The molecule has 1 aliphatic heterocycles. The third-order valence-electron chi connectivity index (χ3n) is 4.70. The predicted octanol–water partition coefficient (Wildman–Crippen LogP) is 3.43. The quantitative estimate of drug-likeness (QED) is 0.848. The zero-order chi connectivity index (χ0) is 19.1. The Labute approximate surface area is 158 Å². The van der Waals surface area contributed by atoms with Crippen LogP contribution in [0.5, 0.6) is 0 Å². The lowest BCUT2D eigenvalue weighted by Gasteiger charge is -2.32. The minimum absolute atomic E-state index is 0.0570. The van der Waals surface area contributed by atoms with E-state index in [0.717, 1.165) is 24.1 Å². The van der Waals surface area contributed by atoms with Crippen molar-refractivity contribution in [3.05, 3.63) is 66.0 Å². The Morgan fingerprint density at radius 3 is 2.70 bits per heavy atom. The molecule has 1 unspecified atom stereocenters. The summed E-state index contributed by atoms with van der Waals surface area (Å²) in [5.41, 5.74) is 1.60. The van der Waals surface area contributed by atoms with Gasteiger partial charge in [0, 0.05) is 25.3 Å². The minimum Gasteiger partial charge on any atom is -0.338 e. The van der Waals surface area contributed by atoms with Gasteiger partial charge in [0.15, 0.2) is 0 Å². The molecule has 5 nitrogen and oxygen atoms in total. The van der Waals surface area contributed by atoms with Crippen molar-refractivity contribution in [1.29, 1.82) is 0 Å². The molecule has 1 atom stereocenters. The normalized spacial score (nSPS) is 16.6. The molecule has 0 aromatic heterocycles. The summed E-state index contributed by atoms with van der Waals surface area (Å²) in [6.07, 6.45) is 2.13. The standard InChI is InChI=1S/C21H24FN3O2/c22-18-8-4-6-16(14-18)11-12-23-21(27)25-13-5-7-17(15-25)20(26)24-19-9-2-1-3-10-19/h1-4,6,8-10,14,17H,5,7,11-13,15H2,(H,23,27)(H,24,26). The fourth-order valence-corrected chi connectivity index (χ4v) is 3.26. The van der Waals surface area contributed by atoms with Gasteiger partial charge >= 0.3 is 6.03 Å². The van der Waals surface area contributed by atoms with Gasteiger partial charge in [-0.25, -0.2) is 9.18 Å². The van der Waals surface area contributed by atoms with Gasteiger partial charge in [0.05, 0.1) is 5.92 Å². The highest BCUT2D eigenvalue weighted by atomic mass is 19.1. The van der Waals surface area contributed by atoms with Crippen LogP contribution in [0.25, 0.3) is 0 Å². The maximum absolute atomic E-state index is 13.2. The Kier molecular flexibility index (Phi) is 6.41. The van der Waals surface area contributed by atoms with Crippen molar-refractivity contribution < 1.29 is 14.0 Å². The molecule has 27 heavy (non-hydrogen) atoms. The molecule has 6 heteroatoms. The maximum atomic E-state index is 13.2. The van der Waals surface area contributed by atoms with E-state index >= 15 is 0 Å². The van der Waals surface area contributed by atoms with Crippen LogP contribution in [0, 0.1) is 11.7 Å². The van der Waals surface area contributed by atoms with E-state index in [1.165, 1.54) is 12.1 Å². The summed E-state index contributed by atoms with van der Waals surface area (Å²) < 4.78 is 13.2. The molecule has 1 saturated heterocycles. The van der Waals surface area contributed by atoms with Gasteiger partial charge in [-0.05, 0) is 49.1 Å².